The van der Waals surface area contributed by atoms with E-state index in [2.05, 4.69) is 17.1 Å². The van der Waals surface area contributed by atoms with Gasteiger partial charge in [0.25, 0.3) is 5.91 Å². The van der Waals surface area contributed by atoms with Gasteiger partial charge in [0, 0.05) is 5.69 Å². The van der Waals surface area contributed by atoms with Crippen molar-refractivity contribution in [3.05, 3.63) is 24.3 Å². The highest BCUT2D eigenvalue weighted by atomic mass is 19.3. The first-order valence-electron chi connectivity index (χ1n) is 7.02. The molecular formula is C14H21F2N3O2+2. The Morgan fingerprint density at radius 2 is 1.86 bits per heavy atom. The number of carbonyl (C=O) groups is 1. The number of likely N-dealkylation sites (N-methyl/N-ethyl adjacent to an activating group) is 1. The van der Waals surface area contributed by atoms with Crippen LogP contribution in [0.1, 0.15) is 0 Å². The van der Waals surface area contributed by atoms with Gasteiger partial charge in [-0.2, -0.15) is 8.78 Å². The van der Waals surface area contributed by atoms with Gasteiger partial charge in [0.2, 0.25) is 0 Å². The lowest BCUT2D eigenvalue weighted by Crippen LogP contribution is -3.27. The van der Waals surface area contributed by atoms with Crippen molar-refractivity contribution in [3.63, 3.8) is 0 Å². The molecule has 116 valence electrons. The number of alkyl halides is 2. The number of halogens is 2. The van der Waals surface area contributed by atoms with Gasteiger partial charge in [-0.1, -0.05) is 0 Å². The number of piperazine rings is 1. The largest absolute Gasteiger partial charge is 0.435 e. The SMILES string of the molecule is C[NH+]1CC[NH+](CC(=O)Nc2ccc(OC(F)F)cc2)CC1. The van der Waals surface area contributed by atoms with Crippen LogP contribution in [0.5, 0.6) is 5.75 Å². The van der Waals surface area contributed by atoms with Crippen LogP contribution in [-0.2, 0) is 4.79 Å². The molecule has 0 radical (unpaired) electrons. The smallest absolute Gasteiger partial charge is 0.387 e. The van der Waals surface area contributed by atoms with Gasteiger partial charge in [-0.15, -0.1) is 0 Å². The monoisotopic (exact) mass is 301 g/mol. The van der Waals surface area contributed by atoms with Gasteiger partial charge in [-0.3, -0.25) is 4.79 Å². The average molecular weight is 301 g/mol. The summed E-state index contributed by atoms with van der Waals surface area (Å²) in [5.74, 6) is 0.0164. The minimum Gasteiger partial charge on any atom is -0.435 e. The molecule has 1 aliphatic heterocycles. The Morgan fingerprint density at radius 3 is 2.43 bits per heavy atom. The molecule has 0 atom stereocenters. The molecular weight excluding hydrogens is 280 g/mol. The Labute approximate surface area is 122 Å². The van der Waals surface area contributed by atoms with Crippen LogP contribution in [0.2, 0.25) is 0 Å². The molecule has 1 saturated heterocycles. The van der Waals surface area contributed by atoms with Crippen LogP contribution < -0.4 is 19.9 Å². The third-order valence-corrected chi connectivity index (χ3v) is 3.58. The molecule has 1 aliphatic rings. The van der Waals surface area contributed by atoms with Crippen molar-refractivity contribution in [2.45, 2.75) is 6.61 Å². The number of amides is 1. The molecule has 0 aromatic heterocycles. The second-order valence-corrected chi connectivity index (χ2v) is 5.33. The highest BCUT2D eigenvalue weighted by molar-refractivity contribution is 5.91. The van der Waals surface area contributed by atoms with E-state index >= 15 is 0 Å². The first kappa shape index (κ1) is 15.7. The fraction of sp³-hybridized carbons (Fsp3) is 0.500. The fourth-order valence-corrected chi connectivity index (χ4v) is 2.36. The molecule has 1 fully saturated rings. The maximum Gasteiger partial charge on any atom is 0.387 e. The topological polar surface area (TPSA) is 47.2 Å². The molecule has 0 bridgehead atoms. The summed E-state index contributed by atoms with van der Waals surface area (Å²) in [7, 11) is 2.15. The molecule has 1 aromatic rings. The van der Waals surface area contributed by atoms with E-state index in [4.69, 9.17) is 0 Å². The van der Waals surface area contributed by atoms with E-state index in [1.165, 1.54) is 21.9 Å². The summed E-state index contributed by atoms with van der Waals surface area (Å²) in [6.45, 7) is 1.71. The summed E-state index contributed by atoms with van der Waals surface area (Å²) >= 11 is 0. The van der Waals surface area contributed by atoms with E-state index in [0.29, 0.717) is 12.2 Å². The van der Waals surface area contributed by atoms with Crippen LogP contribution in [-0.4, -0.2) is 52.3 Å². The number of hydrogen-bond donors (Lipinski definition) is 3. The molecule has 0 aliphatic carbocycles. The van der Waals surface area contributed by atoms with E-state index < -0.39 is 6.61 Å². The summed E-state index contributed by atoms with van der Waals surface area (Å²) in [6, 6.07) is 5.93. The molecule has 1 aromatic carbocycles. The number of carbonyl (C=O) groups excluding carboxylic acids is 1. The maximum absolute atomic E-state index is 12.0. The summed E-state index contributed by atoms with van der Waals surface area (Å²) < 4.78 is 28.3. The number of rotatable bonds is 5. The molecule has 21 heavy (non-hydrogen) atoms. The number of benzene rings is 1. The van der Waals surface area contributed by atoms with Gasteiger partial charge in [0.15, 0.2) is 6.54 Å². The number of quaternary nitrogens is 2. The number of ether oxygens (including phenoxy) is 1. The number of anilines is 1. The summed E-state index contributed by atoms with van der Waals surface area (Å²) in [5.41, 5.74) is 0.584. The average Bonchev–Trinajstić information content (AvgIpc) is 2.43. The molecule has 1 heterocycles. The Bertz CT molecular complexity index is 460. The zero-order valence-corrected chi connectivity index (χ0v) is 12.0. The first-order valence-corrected chi connectivity index (χ1v) is 7.02. The van der Waals surface area contributed by atoms with Gasteiger partial charge in [-0.25, -0.2) is 0 Å². The minimum absolute atomic E-state index is 0.0629. The second kappa shape index (κ2) is 7.33. The molecule has 1 amide bonds. The Hall–Kier alpha value is -1.73. The fourth-order valence-electron chi connectivity index (χ4n) is 2.36. The predicted octanol–water partition coefficient (Wildman–Crippen LogP) is -1.36. The lowest BCUT2D eigenvalue weighted by molar-refractivity contribution is -0.999. The zero-order chi connectivity index (χ0) is 15.2. The van der Waals surface area contributed by atoms with Gasteiger partial charge in [-0.05, 0) is 24.3 Å². The van der Waals surface area contributed by atoms with E-state index in [-0.39, 0.29) is 11.7 Å². The Kier molecular flexibility index (Phi) is 5.46. The van der Waals surface area contributed by atoms with Crippen LogP contribution in [0.15, 0.2) is 24.3 Å². The van der Waals surface area contributed by atoms with Crippen molar-refractivity contribution >= 4 is 11.6 Å². The summed E-state index contributed by atoms with van der Waals surface area (Å²) in [5, 5.41) is 2.77. The molecule has 0 spiro atoms. The summed E-state index contributed by atoms with van der Waals surface area (Å²) in [6.07, 6.45) is 0. The lowest BCUT2D eigenvalue weighted by Gasteiger charge is -2.26. The van der Waals surface area contributed by atoms with Crippen molar-refractivity contribution in [1.82, 2.24) is 0 Å². The van der Waals surface area contributed by atoms with E-state index in [0.717, 1.165) is 26.2 Å². The number of nitrogens with one attached hydrogen (secondary N) is 3. The standard InChI is InChI=1S/C14H19F2N3O2/c1-18-6-8-19(9-7-18)10-13(20)17-11-2-4-12(5-3-11)21-14(15)16/h2-5,14H,6-10H2,1H3,(H,17,20)/p+2. The third-order valence-electron chi connectivity index (χ3n) is 3.58. The van der Waals surface area contributed by atoms with Crippen molar-refractivity contribution < 1.29 is 28.1 Å². The van der Waals surface area contributed by atoms with Gasteiger partial charge in [0.05, 0.1) is 7.05 Å². The zero-order valence-electron chi connectivity index (χ0n) is 12.0. The van der Waals surface area contributed by atoms with Crippen molar-refractivity contribution in [1.29, 1.82) is 0 Å². The molecule has 7 heteroatoms. The molecule has 5 nitrogen and oxygen atoms in total. The van der Waals surface area contributed by atoms with Crippen LogP contribution in [0.3, 0.4) is 0 Å². The third kappa shape index (κ3) is 5.28. The number of hydrogen-bond acceptors (Lipinski definition) is 2. The van der Waals surface area contributed by atoms with Gasteiger partial charge < -0.3 is 19.9 Å². The molecule has 0 saturated carbocycles. The first-order chi connectivity index (χ1) is 10.0. The Morgan fingerprint density at radius 1 is 1.24 bits per heavy atom. The maximum atomic E-state index is 12.0. The highest BCUT2D eigenvalue weighted by Crippen LogP contribution is 2.17. The molecule has 3 N–H and O–H groups in total. The summed E-state index contributed by atoms with van der Waals surface area (Å²) in [4.78, 5) is 14.7. The van der Waals surface area contributed by atoms with Crippen molar-refractivity contribution in [2.75, 3.05) is 45.1 Å². The second-order valence-electron chi connectivity index (χ2n) is 5.33. The normalized spacial score (nSPS) is 22.1. The quantitative estimate of drug-likeness (QED) is 0.629. The van der Waals surface area contributed by atoms with Gasteiger partial charge in [0.1, 0.15) is 31.9 Å². The van der Waals surface area contributed by atoms with Crippen molar-refractivity contribution in [3.8, 4) is 5.75 Å². The van der Waals surface area contributed by atoms with Crippen LogP contribution in [0.4, 0.5) is 14.5 Å². The van der Waals surface area contributed by atoms with E-state index in [9.17, 15) is 13.6 Å². The minimum atomic E-state index is -2.84. The van der Waals surface area contributed by atoms with Crippen LogP contribution in [0.25, 0.3) is 0 Å². The van der Waals surface area contributed by atoms with Gasteiger partial charge >= 0.3 is 6.61 Å². The van der Waals surface area contributed by atoms with Crippen LogP contribution >= 0.6 is 0 Å². The van der Waals surface area contributed by atoms with Crippen LogP contribution in [0, 0.1) is 0 Å². The van der Waals surface area contributed by atoms with E-state index in [1.807, 2.05) is 0 Å². The molecule has 2 rings (SSSR count). The van der Waals surface area contributed by atoms with Crippen molar-refractivity contribution in [2.24, 2.45) is 0 Å². The predicted molar refractivity (Wildman–Crippen MR) is 73.9 cm³/mol. The Balaban J connectivity index is 1.79. The highest BCUT2D eigenvalue weighted by Gasteiger charge is 2.22. The van der Waals surface area contributed by atoms with E-state index in [1.54, 1.807) is 12.1 Å². The lowest BCUT2D eigenvalue weighted by atomic mass is 10.3. The molecule has 0 unspecified atom stereocenters.